The number of pyridine rings is 1. The number of carbonyl (C=O) groups is 1. The minimum Gasteiger partial charge on any atom is -0.360 e. The Bertz CT molecular complexity index is 825. The topological polar surface area (TPSA) is 80.0 Å². The highest BCUT2D eigenvalue weighted by atomic mass is 16.5. The SMILES string of the molecule is Cc1ccc(Nc2ccnc(C(=O)Nc3cc(C)on3)c2)cc1. The monoisotopic (exact) mass is 308 g/mol. The van der Waals surface area contributed by atoms with E-state index >= 15 is 0 Å². The first kappa shape index (κ1) is 14.8. The molecule has 0 aliphatic rings. The van der Waals surface area contributed by atoms with E-state index in [9.17, 15) is 4.79 Å². The number of hydrogen-bond acceptors (Lipinski definition) is 5. The van der Waals surface area contributed by atoms with Gasteiger partial charge in [-0.15, -0.1) is 0 Å². The highest BCUT2D eigenvalue weighted by Crippen LogP contribution is 2.18. The Hall–Kier alpha value is -3.15. The zero-order chi connectivity index (χ0) is 16.2. The Morgan fingerprint density at radius 3 is 2.52 bits per heavy atom. The number of nitrogens with one attached hydrogen (secondary N) is 2. The first-order valence-corrected chi connectivity index (χ1v) is 7.14. The van der Waals surface area contributed by atoms with Gasteiger partial charge in [0.15, 0.2) is 5.82 Å². The molecule has 0 saturated heterocycles. The van der Waals surface area contributed by atoms with Crippen LogP contribution in [-0.4, -0.2) is 16.0 Å². The molecule has 1 aromatic carbocycles. The summed E-state index contributed by atoms with van der Waals surface area (Å²) in [5, 5.41) is 9.61. The zero-order valence-electron chi connectivity index (χ0n) is 12.8. The lowest BCUT2D eigenvalue weighted by Crippen LogP contribution is -2.14. The molecule has 0 aliphatic carbocycles. The lowest BCUT2D eigenvalue weighted by molar-refractivity contribution is 0.102. The van der Waals surface area contributed by atoms with Crippen LogP contribution in [0.25, 0.3) is 0 Å². The molecule has 0 fully saturated rings. The van der Waals surface area contributed by atoms with Gasteiger partial charge in [0.2, 0.25) is 0 Å². The first-order valence-electron chi connectivity index (χ1n) is 7.14. The molecule has 2 heterocycles. The number of carbonyl (C=O) groups excluding carboxylic acids is 1. The van der Waals surface area contributed by atoms with Gasteiger partial charge in [0.1, 0.15) is 11.5 Å². The summed E-state index contributed by atoms with van der Waals surface area (Å²) in [5.41, 5.74) is 3.21. The maximum Gasteiger partial charge on any atom is 0.275 e. The molecular formula is C17H16N4O2. The second kappa shape index (κ2) is 6.31. The molecule has 6 heteroatoms. The third-order valence-electron chi connectivity index (χ3n) is 3.20. The Kier molecular flexibility index (Phi) is 4.05. The Morgan fingerprint density at radius 2 is 1.83 bits per heavy atom. The van der Waals surface area contributed by atoms with Gasteiger partial charge in [-0.05, 0) is 38.1 Å². The van der Waals surface area contributed by atoms with Crippen LogP contribution >= 0.6 is 0 Å². The van der Waals surface area contributed by atoms with Crippen LogP contribution in [0.5, 0.6) is 0 Å². The molecule has 0 saturated carbocycles. The number of aromatic nitrogens is 2. The maximum absolute atomic E-state index is 12.2. The average molecular weight is 308 g/mol. The van der Waals surface area contributed by atoms with Gasteiger partial charge < -0.3 is 15.2 Å². The molecule has 0 atom stereocenters. The summed E-state index contributed by atoms with van der Waals surface area (Å²) in [5.74, 6) is 0.653. The third kappa shape index (κ3) is 3.74. The van der Waals surface area contributed by atoms with E-state index in [1.54, 1.807) is 31.3 Å². The second-order valence-corrected chi connectivity index (χ2v) is 5.20. The fraction of sp³-hybridized carbons (Fsp3) is 0.118. The van der Waals surface area contributed by atoms with Crippen molar-refractivity contribution in [1.82, 2.24) is 10.1 Å². The van der Waals surface area contributed by atoms with Gasteiger partial charge in [-0.1, -0.05) is 22.9 Å². The predicted molar refractivity (Wildman–Crippen MR) is 87.9 cm³/mol. The van der Waals surface area contributed by atoms with Crippen LogP contribution in [0.15, 0.2) is 53.2 Å². The van der Waals surface area contributed by atoms with Crippen LogP contribution in [0.1, 0.15) is 21.8 Å². The molecule has 0 unspecified atom stereocenters. The fourth-order valence-electron chi connectivity index (χ4n) is 2.04. The zero-order valence-corrected chi connectivity index (χ0v) is 12.8. The van der Waals surface area contributed by atoms with Crippen molar-refractivity contribution in [2.24, 2.45) is 0 Å². The number of rotatable bonds is 4. The van der Waals surface area contributed by atoms with Crippen molar-refractivity contribution in [3.8, 4) is 0 Å². The van der Waals surface area contributed by atoms with Crippen molar-refractivity contribution in [2.45, 2.75) is 13.8 Å². The van der Waals surface area contributed by atoms with E-state index in [0.29, 0.717) is 17.3 Å². The minimum atomic E-state index is -0.342. The molecule has 3 rings (SSSR count). The van der Waals surface area contributed by atoms with Crippen molar-refractivity contribution >= 4 is 23.1 Å². The van der Waals surface area contributed by atoms with E-state index in [4.69, 9.17) is 4.52 Å². The molecule has 2 N–H and O–H groups in total. The first-order chi connectivity index (χ1) is 11.1. The summed E-state index contributed by atoms with van der Waals surface area (Å²) < 4.78 is 4.92. The van der Waals surface area contributed by atoms with E-state index in [0.717, 1.165) is 11.4 Å². The van der Waals surface area contributed by atoms with E-state index < -0.39 is 0 Å². The molecular weight excluding hydrogens is 292 g/mol. The predicted octanol–water partition coefficient (Wildman–Crippen LogP) is 3.68. The summed E-state index contributed by atoms with van der Waals surface area (Å²) >= 11 is 0. The summed E-state index contributed by atoms with van der Waals surface area (Å²) in [7, 11) is 0. The molecule has 0 aliphatic heterocycles. The van der Waals surface area contributed by atoms with Crippen LogP contribution in [0, 0.1) is 13.8 Å². The largest absolute Gasteiger partial charge is 0.360 e. The van der Waals surface area contributed by atoms with E-state index in [1.807, 2.05) is 31.2 Å². The number of benzene rings is 1. The Morgan fingerprint density at radius 1 is 1.04 bits per heavy atom. The Labute approximate surface area is 133 Å². The van der Waals surface area contributed by atoms with Gasteiger partial charge >= 0.3 is 0 Å². The van der Waals surface area contributed by atoms with Crippen molar-refractivity contribution < 1.29 is 9.32 Å². The molecule has 0 bridgehead atoms. The van der Waals surface area contributed by atoms with E-state index in [2.05, 4.69) is 20.8 Å². The van der Waals surface area contributed by atoms with Gasteiger partial charge in [0, 0.05) is 23.6 Å². The summed E-state index contributed by atoms with van der Waals surface area (Å²) in [6.45, 7) is 3.79. The molecule has 116 valence electrons. The summed E-state index contributed by atoms with van der Waals surface area (Å²) in [6.07, 6.45) is 1.58. The smallest absolute Gasteiger partial charge is 0.275 e. The van der Waals surface area contributed by atoms with Crippen molar-refractivity contribution in [3.05, 3.63) is 65.7 Å². The highest BCUT2D eigenvalue weighted by Gasteiger charge is 2.11. The van der Waals surface area contributed by atoms with Crippen molar-refractivity contribution in [1.29, 1.82) is 0 Å². The van der Waals surface area contributed by atoms with Crippen LogP contribution in [0.2, 0.25) is 0 Å². The number of nitrogens with zero attached hydrogens (tertiary/aromatic N) is 2. The van der Waals surface area contributed by atoms with Crippen LogP contribution in [0.3, 0.4) is 0 Å². The van der Waals surface area contributed by atoms with Crippen molar-refractivity contribution in [2.75, 3.05) is 10.6 Å². The third-order valence-corrected chi connectivity index (χ3v) is 3.20. The van der Waals surface area contributed by atoms with Gasteiger partial charge in [-0.2, -0.15) is 0 Å². The quantitative estimate of drug-likeness (QED) is 0.768. The molecule has 0 spiro atoms. The second-order valence-electron chi connectivity index (χ2n) is 5.20. The molecule has 3 aromatic rings. The molecule has 2 aromatic heterocycles. The van der Waals surface area contributed by atoms with Gasteiger partial charge in [0.25, 0.3) is 5.91 Å². The highest BCUT2D eigenvalue weighted by molar-refractivity contribution is 6.02. The number of hydrogen-bond donors (Lipinski definition) is 2. The standard InChI is InChI=1S/C17H16N4O2/c1-11-3-5-13(6-4-11)19-14-7-8-18-15(10-14)17(22)20-16-9-12(2)23-21-16/h3-10H,1-2H3,(H,18,19)(H,20,21,22). The van der Waals surface area contributed by atoms with Crippen LogP contribution in [-0.2, 0) is 0 Å². The van der Waals surface area contributed by atoms with Gasteiger partial charge in [0.05, 0.1) is 0 Å². The lowest BCUT2D eigenvalue weighted by Gasteiger charge is -2.08. The van der Waals surface area contributed by atoms with Gasteiger partial charge in [-0.25, -0.2) is 0 Å². The molecule has 23 heavy (non-hydrogen) atoms. The maximum atomic E-state index is 12.2. The molecule has 0 radical (unpaired) electrons. The molecule has 1 amide bonds. The minimum absolute atomic E-state index is 0.294. The van der Waals surface area contributed by atoms with Crippen LogP contribution in [0.4, 0.5) is 17.2 Å². The lowest BCUT2D eigenvalue weighted by atomic mass is 10.2. The average Bonchev–Trinajstić information content (AvgIpc) is 2.95. The van der Waals surface area contributed by atoms with Gasteiger partial charge in [-0.3, -0.25) is 9.78 Å². The van der Waals surface area contributed by atoms with E-state index in [-0.39, 0.29) is 5.91 Å². The van der Waals surface area contributed by atoms with E-state index in [1.165, 1.54) is 5.56 Å². The normalized spacial score (nSPS) is 10.3. The summed E-state index contributed by atoms with van der Waals surface area (Å²) in [4.78, 5) is 16.3. The number of anilines is 3. The Balaban J connectivity index is 1.73. The molecule has 6 nitrogen and oxygen atoms in total. The van der Waals surface area contributed by atoms with Crippen molar-refractivity contribution in [3.63, 3.8) is 0 Å². The summed E-state index contributed by atoms with van der Waals surface area (Å²) in [6, 6.07) is 13.1. The number of amides is 1. The van der Waals surface area contributed by atoms with Crippen LogP contribution < -0.4 is 10.6 Å². The fourth-order valence-corrected chi connectivity index (χ4v) is 2.04. The number of aryl methyl sites for hydroxylation is 2.